The zero-order chi connectivity index (χ0) is 20.7. The maximum absolute atomic E-state index is 10.9. The highest BCUT2D eigenvalue weighted by Gasteiger charge is 2.15. The molecule has 4 N–H and O–H groups in total. The van der Waals surface area contributed by atoms with Gasteiger partial charge in [0, 0.05) is 24.3 Å². The standard InChI is InChI=1S/C8H8N2O4.C7H5ClN2O3/c1-14-7-3-2-5(10(12)13)4-6(7)8(9)11;8-6-2-1-4(10(12)13)3-5(6)7(9)11/h2-4H,1H3,(H2,9,11);1-3H,(H2,9,11). The average Bonchev–Trinajstić information content (AvgIpc) is 2.61. The molecule has 0 aliphatic rings. The van der Waals surface area contributed by atoms with Crippen molar-refractivity contribution in [2.24, 2.45) is 11.5 Å². The molecule has 11 nitrogen and oxygen atoms in total. The number of nitrogens with zero attached hydrogens (tertiary/aromatic N) is 2. The maximum Gasteiger partial charge on any atom is 0.270 e. The van der Waals surface area contributed by atoms with Gasteiger partial charge in [-0.3, -0.25) is 29.8 Å². The van der Waals surface area contributed by atoms with Crippen LogP contribution in [0.4, 0.5) is 11.4 Å². The van der Waals surface area contributed by atoms with Gasteiger partial charge in [-0.05, 0) is 12.1 Å². The first-order valence-corrected chi connectivity index (χ1v) is 7.32. The second-order valence-corrected chi connectivity index (χ2v) is 5.20. The van der Waals surface area contributed by atoms with E-state index in [9.17, 15) is 29.8 Å². The highest BCUT2D eigenvalue weighted by molar-refractivity contribution is 6.33. The van der Waals surface area contributed by atoms with Crippen molar-refractivity contribution in [2.75, 3.05) is 7.11 Å². The molecule has 0 saturated carbocycles. The van der Waals surface area contributed by atoms with Crippen LogP contribution in [0, 0.1) is 20.2 Å². The minimum Gasteiger partial charge on any atom is -0.496 e. The lowest BCUT2D eigenvalue weighted by molar-refractivity contribution is -0.385. The van der Waals surface area contributed by atoms with Crippen LogP contribution >= 0.6 is 11.6 Å². The van der Waals surface area contributed by atoms with Crippen LogP contribution in [0.2, 0.25) is 5.02 Å². The van der Waals surface area contributed by atoms with E-state index in [1.54, 1.807) is 0 Å². The zero-order valence-corrected chi connectivity index (χ0v) is 14.5. The molecule has 2 aromatic carbocycles. The van der Waals surface area contributed by atoms with E-state index in [1.165, 1.54) is 31.4 Å². The zero-order valence-electron chi connectivity index (χ0n) is 13.7. The summed E-state index contributed by atoms with van der Waals surface area (Å²) in [5.41, 5.74) is 9.51. The van der Waals surface area contributed by atoms with E-state index in [-0.39, 0.29) is 33.3 Å². The number of methoxy groups -OCH3 is 1. The van der Waals surface area contributed by atoms with Crippen molar-refractivity contribution in [1.29, 1.82) is 0 Å². The third kappa shape index (κ3) is 5.64. The Bertz CT molecular complexity index is 917. The number of non-ortho nitro benzene ring substituents is 2. The predicted octanol–water partition coefficient (Wildman–Crippen LogP) is 2.05. The number of rotatable bonds is 5. The molecule has 142 valence electrons. The summed E-state index contributed by atoms with van der Waals surface area (Å²) >= 11 is 5.57. The Morgan fingerprint density at radius 1 is 0.926 bits per heavy atom. The first-order chi connectivity index (χ1) is 12.6. The number of hydrogen-bond donors (Lipinski definition) is 2. The fourth-order valence-electron chi connectivity index (χ4n) is 1.82. The molecule has 0 atom stereocenters. The van der Waals surface area contributed by atoms with E-state index >= 15 is 0 Å². The monoisotopic (exact) mass is 396 g/mol. The summed E-state index contributed by atoms with van der Waals surface area (Å²) in [4.78, 5) is 41.0. The van der Waals surface area contributed by atoms with Crippen LogP contribution in [0.1, 0.15) is 20.7 Å². The molecule has 0 radical (unpaired) electrons. The van der Waals surface area contributed by atoms with Gasteiger partial charge >= 0.3 is 0 Å². The van der Waals surface area contributed by atoms with E-state index in [0.29, 0.717) is 0 Å². The Hall–Kier alpha value is -3.73. The third-order valence-electron chi connectivity index (χ3n) is 3.09. The predicted molar refractivity (Wildman–Crippen MR) is 94.8 cm³/mol. The van der Waals surface area contributed by atoms with Gasteiger partial charge in [0.25, 0.3) is 17.3 Å². The lowest BCUT2D eigenvalue weighted by Crippen LogP contribution is -2.12. The van der Waals surface area contributed by atoms with Crippen molar-refractivity contribution in [1.82, 2.24) is 0 Å². The minimum atomic E-state index is -0.784. The Morgan fingerprint density at radius 2 is 1.37 bits per heavy atom. The summed E-state index contributed by atoms with van der Waals surface area (Å²) < 4.78 is 4.82. The maximum atomic E-state index is 10.9. The second-order valence-electron chi connectivity index (χ2n) is 4.79. The van der Waals surface area contributed by atoms with Crippen LogP contribution in [0.5, 0.6) is 5.75 Å². The largest absolute Gasteiger partial charge is 0.496 e. The van der Waals surface area contributed by atoms with Crippen LogP contribution in [0.15, 0.2) is 36.4 Å². The lowest BCUT2D eigenvalue weighted by atomic mass is 10.1. The number of carbonyl (C=O) groups excluding carboxylic acids is 2. The summed E-state index contributed by atoms with van der Waals surface area (Å²) in [6, 6.07) is 7.17. The summed E-state index contributed by atoms with van der Waals surface area (Å²) in [5, 5.41) is 20.8. The smallest absolute Gasteiger partial charge is 0.270 e. The van der Waals surface area contributed by atoms with Crippen molar-refractivity contribution in [3.8, 4) is 5.75 Å². The number of amides is 2. The van der Waals surface area contributed by atoms with E-state index < -0.39 is 21.7 Å². The molecule has 27 heavy (non-hydrogen) atoms. The Morgan fingerprint density at radius 3 is 1.78 bits per heavy atom. The van der Waals surface area contributed by atoms with Crippen molar-refractivity contribution >= 4 is 34.8 Å². The fraction of sp³-hybridized carbons (Fsp3) is 0.0667. The van der Waals surface area contributed by atoms with Gasteiger partial charge in [0.2, 0.25) is 5.91 Å². The molecule has 0 bridgehead atoms. The van der Waals surface area contributed by atoms with Gasteiger partial charge in [0.05, 0.1) is 33.1 Å². The average molecular weight is 397 g/mol. The Kier molecular flexibility index (Phi) is 7.19. The van der Waals surface area contributed by atoms with Crippen molar-refractivity contribution in [3.63, 3.8) is 0 Å². The van der Waals surface area contributed by atoms with Crippen molar-refractivity contribution in [2.45, 2.75) is 0 Å². The Labute approximate surface area is 156 Å². The first-order valence-electron chi connectivity index (χ1n) is 6.94. The molecule has 2 aromatic rings. The molecule has 0 unspecified atom stereocenters. The van der Waals surface area contributed by atoms with Gasteiger partial charge in [-0.2, -0.15) is 0 Å². The number of halogens is 1. The van der Waals surface area contributed by atoms with Crippen molar-refractivity contribution in [3.05, 3.63) is 72.8 Å². The van der Waals surface area contributed by atoms with Crippen molar-refractivity contribution < 1.29 is 24.2 Å². The molecule has 0 aromatic heterocycles. The van der Waals surface area contributed by atoms with Gasteiger partial charge in [0.1, 0.15) is 5.75 Å². The third-order valence-corrected chi connectivity index (χ3v) is 3.42. The van der Waals surface area contributed by atoms with Crippen LogP contribution in [-0.2, 0) is 0 Å². The van der Waals surface area contributed by atoms with E-state index in [4.69, 9.17) is 27.8 Å². The minimum absolute atomic E-state index is 0.00157. The second kappa shape index (κ2) is 9.10. The number of nitro groups is 2. The van der Waals surface area contributed by atoms with Crippen LogP contribution in [0.3, 0.4) is 0 Å². The van der Waals surface area contributed by atoms with Gasteiger partial charge in [-0.15, -0.1) is 0 Å². The first kappa shape index (κ1) is 21.3. The van der Waals surface area contributed by atoms with E-state index in [2.05, 4.69) is 0 Å². The summed E-state index contributed by atoms with van der Waals surface area (Å²) in [5.74, 6) is -1.32. The van der Waals surface area contributed by atoms with Crippen LogP contribution in [-0.4, -0.2) is 28.8 Å². The van der Waals surface area contributed by atoms with Gasteiger partial charge in [-0.1, -0.05) is 11.6 Å². The molecular weight excluding hydrogens is 384 g/mol. The van der Waals surface area contributed by atoms with Gasteiger partial charge in [-0.25, -0.2) is 0 Å². The number of benzene rings is 2. The normalized spacial score (nSPS) is 9.56. The molecule has 12 heteroatoms. The lowest BCUT2D eigenvalue weighted by Gasteiger charge is -2.03. The highest BCUT2D eigenvalue weighted by atomic mass is 35.5. The number of carbonyl (C=O) groups is 2. The van der Waals surface area contributed by atoms with Gasteiger partial charge in [0.15, 0.2) is 0 Å². The number of ether oxygens (including phenoxy) is 1. The highest BCUT2D eigenvalue weighted by Crippen LogP contribution is 2.23. The van der Waals surface area contributed by atoms with E-state index in [1.807, 2.05) is 0 Å². The molecule has 0 aliphatic heterocycles. The molecule has 0 saturated heterocycles. The molecule has 2 amide bonds. The van der Waals surface area contributed by atoms with E-state index in [0.717, 1.165) is 12.1 Å². The summed E-state index contributed by atoms with van der Waals surface area (Å²) in [6.07, 6.45) is 0. The quantitative estimate of drug-likeness (QED) is 0.572. The van der Waals surface area contributed by atoms with Gasteiger partial charge < -0.3 is 16.2 Å². The number of hydrogen-bond acceptors (Lipinski definition) is 7. The summed E-state index contributed by atoms with van der Waals surface area (Å²) in [7, 11) is 1.35. The molecule has 2 rings (SSSR count). The number of primary amides is 2. The fourth-order valence-corrected chi connectivity index (χ4v) is 2.03. The summed E-state index contributed by atoms with van der Waals surface area (Å²) in [6.45, 7) is 0. The SMILES string of the molecule is COc1ccc([N+](=O)[O-])cc1C(N)=O.NC(=O)c1cc([N+](=O)[O-])ccc1Cl. The molecule has 0 fully saturated rings. The van der Waals surface area contributed by atoms with Crippen LogP contribution < -0.4 is 16.2 Å². The number of nitro benzene ring substituents is 2. The molecular formula is C15H13ClN4O7. The molecule has 0 heterocycles. The van der Waals surface area contributed by atoms with Crippen LogP contribution in [0.25, 0.3) is 0 Å². The molecule has 0 aliphatic carbocycles. The topological polar surface area (TPSA) is 182 Å². The number of nitrogens with two attached hydrogens (primary N) is 2. The molecule has 0 spiro atoms. The Balaban J connectivity index is 0.000000271.